The van der Waals surface area contributed by atoms with Crippen molar-refractivity contribution in [1.29, 1.82) is 0 Å². The van der Waals surface area contributed by atoms with Crippen molar-refractivity contribution in [2.24, 2.45) is 0 Å². The number of anilines is 1. The number of nitrogens with zero attached hydrogens (tertiary/aromatic N) is 3. The Labute approximate surface area is 176 Å². The summed E-state index contributed by atoms with van der Waals surface area (Å²) < 4.78 is 5.49. The third-order valence-electron chi connectivity index (χ3n) is 5.91. The number of rotatable bonds is 5. The number of benzene rings is 1. The summed E-state index contributed by atoms with van der Waals surface area (Å²) in [6, 6.07) is 8.72. The lowest BCUT2D eigenvalue weighted by atomic mass is 9.97. The van der Waals surface area contributed by atoms with Gasteiger partial charge in [0.2, 0.25) is 0 Å². The summed E-state index contributed by atoms with van der Waals surface area (Å²) in [6.45, 7) is 7.21. The molecule has 1 aliphatic heterocycles. The van der Waals surface area contributed by atoms with E-state index in [1.807, 2.05) is 11.3 Å². The molecule has 1 aromatic carbocycles. The van der Waals surface area contributed by atoms with E-state index in [1.165, 1.54) is 46.2 Å². The van der Waals surface area contributed by atoms with Gasteiger partial charge in [0, 0.05) is 24.5 Å². The Balaban J connectivity index is 1.47. The van der Waals surface area contributed by atoms with E-state index in [0.29, 0.717) is 0 Å². The number of aromatic nitrogens is 2. The van der Waals surface area contributed by atoms with Crippen molar-refractivity contribution in [3.05, 3.63) is 51.7 Å². The molecule has 0 unspecified atom stereocenters. The molecule has 0 amide bonds. The number of thiophene rings is 1. The molecule has 0 spiro atoms. The Morgan fingerprint density at radius 1 is 1.07 bits per heavy atom. The van der Waals surface area contributed by atoms with Gasteiger partial charge in [-0.15, -0.1) is 11.3 Å². The first-order chi connectivity index (χ1) is 14.3. The van der Waals surface area contributed by atoms with Crippen molar-refractivity contribution in [3.8, 4) is 0 Å². The summed E-state index contributed by atoms with van der Waals surface area (Å²) in [6.07, 6.45) is 4.90. The molecular formula is C23H28N4OS. The number of aryl methyl sites for hydroxylation is 3. The third-order valence-corrected chi connectivity index (χ3v) is 7.10. The maximum Gasteiger partial charge on any atom is 0.146 e. The van der Waals surface area contributed by atoms with Gasteiger partial charge in [0.05, 0.1) is 25.1 Å². The summed E-state index contributed by atoms with van der Waals surface area (Å²) in [7, 11) is 0. The molecule has 2 aliphatic rings. The second-order valence-electron chi connectivity index (χ2n) is 8.11. The molecule has 0 bridgehead atoms. The summed E-state index contributed by atoms with van der Waals surface area (Å²) in [4.78, 5) is 15.1. The number of hydrogen-bond acceptors (Lipinski definition) is 6. The number of fused-ring (bicyclic) bond motifs is 3. The largest absolute Gasteiger partial charge is 0.379 e. The second-order valence-corrected chi connectivity index (χ2v) is 9.19. The van der Waals surface area contributed by atoms with Gasteiger partial charge in [-0.3, -0.25) is 4.90 Å². The molecule has 152 valence electrons. The van der Waals surface area contributed by atoms with E-state index in [1.54, 1.807) is 0 Å². The molecule has 29 heavy (non-hydrogen) atoms. The molecule has 6 heteroatoms. The van der Waals surface area contributed by atoms with Crippen LogP contribution in [0.3, 0.4) is 0 Å². The molecule has 3 aromatic rings. The normalized spacial score (nSPS) is 17.4. The standard InChI is InChI=1S/C23H28N4OS/c1-16-6-8-17(9-7-16)14-24-22-21-18-4-2-3-5-19(18)29-23(21)26-20(25-22)15-27-10-12-28-13-11-27/h6-9H,2-5,10-15H2,1H3,(H,24,25,26). The Kier molecular flexibility index (Phi) is 5.48. The van der Waals surface area contributed by atoms with Gasteiger partial charge in [-0.05, 0) is 43.7 Å². The monoisotopic (exact) mass is 408 g/mol. The number of nitrogens with one attached hydrogen (secondary N) is 1. The second kappa shape index (κ2) is 8.38. The van der Waals surface area contributed by atoms with Crippen LogP contribution in [0.25, 0.3) is 10.2 Å². The van der Waals surface area contributed by atoms with Crippen LogP contribution in [0.4, 0.5) is 5.82 Å². The van der Waals surface area contributed by atoms with Crippen LogP contribution < -0.4 is 5.32 Å². The minimum atomic E-state index is 0.786. The maximum absolute atomic E-state index is 5.49. The average Bonchev–Trinajstić information content (AvgIpc) is 3.12. The first kappa shape index (κ1) is 19.0. The molecular weight excluding hydrogens is 380 g/mol. The van der Waals surface area contributed by atoms with Gasteiger partial charge in [-0.1, -0.05) is 29.8 Å². The highest BCUT2D eigenvalue weighted by Crippen LogP contribution is 2.38. The zero-order valence-electron chi connectivity index (χ0n) is 17.0. The Morgan fingerprint density at radius 2 is 1.86 bits per heavy atom. The van der Waals surface area contributed by atoms with Gasteiger partial charge in [-0.25, -0.2) is 9.97 Å². The lowest BCUT2D eigenvalue weighted by Gasteiger charge is -2.25. The smallest absolute Gasteiger partial charge is 0.146 e. The van der Waals surface area contributed by atoms with Crippen molar-refractivity contribution in [1.82, 2.24) is 14.9 Å². The molecule has 1 fully saturated rings. The highest BCUT2D eigenvalue weighted by molar-refractivity contribution is 7.19. The van der Waals surface area contributed by atoms with Crippen molar-refractivity contribution in [3.63, 3.8) is 0 Å². The van der Waals surface area contributed by atoms with Crippen LogP contribution in [0.2, 0.25) is 0 Å². The summed E-state index contributed by atoms with van der Waals surface area (Å²) in [5, 5.41) is 4.92. The predicted octanol–water partition coefficient (Wildman–Crippen LogP) is 4.32. The van der Waals surface area contributed by atoms with Gasteiger partial charge in [0.25, 0.3) is 0 Å². The number of hydrogen-bond donors (Lipinski definition) is 1. The summed E-state index contributed by atoms with van der Waals surface area (Å²) >= 11 is 1.88. The van der Waals surface area contributed by atoms with Crippen LogP contribution >= 0.6 is 11.3 Å². The fraction of sp³-hybridized carbons (Fsp3) is 0.478. The zero-order valence-corrected chi connectivity index (χ0v) is 17.9. The van der Waals surface area contributed by atoms with Gasteiger partial charge in [-0.2, -0.15) is 0 Å². The predicted molar refractivity (Wildman–Crippen MR) is 119 cm³/mol. The highest BCUT2D eigenvalue weighted by atomic mass is 32.1. The summed E-state index contributed by atoms with van der Waals surface area (Å²) in [5.74, 6) is 1.93. The van der Waals surface area contributed by atoms with Crippen molar-refractivity contribution >= 4 is 27.4 Å². The molecule has 1 saturated heterocycles. The Hall–Kier alpha value is -2.02. The number of morpholine rings is 1. The van der Waals surface area contributed by atoms with Crippen molar-refractivity contribution in [2.45, 2.75) is 45.7 Å². The highest BCUT2D eigenvalue weighted by Gasteiger charge is 2.22. The third kappa shape index (κ3) is 4.15. The van der Waals surface area contributed by atoms with Crippen LogP contribution in [0.15, 0.2) is 24.3 Å². The Bertz CT molecular complexity index is 992. The topological polar surface area (TPSA) is 50.3 Å². The van der Waals surface area contributed by atoms with Crippen LogP contribution in [0.1, 0.15) is 40.2 Å². The SMILES string of the molecule is Cc1ccc(CNc2nc(CN3CCOCC3)nc3sc4c(c23)CCCC4)cc1. The van der Waals surface area contributed by atoms with Crippen LogP contribution in [0.5, 0.6) is 0 Å². The Morgan fingerprint density at radius 3 is 2.69 bits per heavy atom. The minimum Gasteiger partial charge on any atom is -0.379 e. The molecule has 5 rings (SSSR count). The maximum atomic E-state index is 5.49. The number of ether oxygens (including phenoxy) is 1. The lowest BCUT2D eigenvalue weighted by Crippen LogP contribution is -2.36. The molecule has 0 atom stereocenters. The summed E-state index contributed by atoms with van der Waals surface area (Å²) in [5.41, 5.74) is 4.06. The van der Waals surface area contributed by atoms with Crippen LogP contribution in [-0.2, 0) is 30.7 Å². The fourth-order valence-electron chi connectivity index (χ4n) is 4.25. The van der Waals surface area contributed by atoms with E-state index in [4.69, 9.17) is 14.7 Å². The van der Waals surface area contributed by atoms with Gasteiger partial charge >= 0.3 is 0 Å². The van der Waals surface area contributed by atoms with Gasteiger partial charge in [0.1, 0.15) is 16.5 Å². The van der Waals surface area contributed by atoms with Crippen molar-refractivity contribution in [2.75, 3.05) is 31.6 Å². The van der Waals surface area contributed by atoms with Gasteiger partial charge in [0.15, 0.2) is 0 Å². The van der Waals surface area contributed by atoms with E-state index in [0.717, 1.165) is 62.3 Å². The first-order valence-corrected chi connectivity index (χ1v) is 11.5. The van der Waals surface area contributed by atoms with Crippen molar-refractivity contribution < 1.29 is 4.74 Å². The van der Waals surface area contributed by atoms with E-state index < -0.39 is 0 Å². The fourth-order valence-corrected chi connectivity index (χ4v) is 5.53. The van der Waals surface area contributed by atoms with Crippen LogP contribution in [-0.4, -0.2) is 41.2 Å². The molecule has 1 N–H and O–H groups in total. The quantitative estimate of drug-likeness (QED) is 0.681. The average molecular weight is 409 g/mol. The first-order valence-electron chi connectivity index (χ1n) is 10.7. The molecule has 0 saturated carbocycles. The van der Waals surface area contributed by atoms with E-state index in [9.17, 15) is 0 Å². The molecule has 2 aromatic heterocycles. The lowest BCUT2D eigenvalue weighted by molar-refractivity contribution is 0.0331. The zero-order chi connectivity index (χ0) is 19.6. The van der Waals surface area contributed by atoms with E-state index in [2.05, 4.69) is 41.4 Å². The van der Waals surface area contributed by atoms with E-state index >= 15 is 0 Å². The van der Waals surface area contributed by atoms with E-state index in [-0.39, 0.29) is 0 Å². The van der Waals surface area contributed by atoms with Gasteiger partial charge < -0.3 is 10.1 Å². The minimum absolute atomic E-state index is 0.786. The van der Waals surface area contributed by atoms with Crippen LogP contribution in [0, 0.1) is 6.92 Å². The molecule has 5 nitrogen and oxygen atoms in total. The molecule has 1 aliphatic carbocycles. The molecule has 0 radical (unpaired) electrons. The molecule has 3 heterocycles.